The molecule has 4 aliphatic rings. The number of carbonyl (C=O) groups is 2. The summed E-state index contributed by atoms with van der Waals surface area (Å²) in [5.74, 6) is -2.72. The topological polar surface area (TPSA) is 89.8 Å². The van der Waals surface area contributed by atoms with Crippen LogP contribution in [0.4, 0.5) is 11.4 Å². The van der Waals surface area contributed by atoms with Crippen molar-refractivity contribution < 1.29 is 19.2 Å². The maximum atomic E-state index is 13.9. The number of rotatable bonds is 3. The van der Waals surface area contributed by atoms with E-state index in [2.05, 4.69) is 0 Å². The van der Waals surface area contributed by atoms with Gasteiger partial charge in [0.15, 0.2) is 0 Å². The number of alkyl halides is 1. The highest BCUT2D eigenvalue weighted by Crippen LogP contribution is 2.66. The molecule has 3 aliphatic carbocycles. The Kier molecular flexibility index (Phi) is 4.02. The van der Waals surface area contributed by atoms with Crippen LogP contribution >= 0.6 is 11.6 Å². The number of halogens is 1. The third-order valence-electron chi connectivity index (χ3n) is 7.13. The highest BCUT2D eigenvalue weighted by atomic mass is 35.5. The Bertz CT molecular complexity index is 1340. The Hall–Kier alpha value is -3.71. The second-order valence-electron chi connectivity index (χ2n) is 8.49. The van der Waals surface area contributed by atoms with Crippen LogP contribution in [0.25, 0.3) is 0 Å². The number of anilines is 1. The van der Waals surface area contributed by atoms with Crippen molar-refractivity contribution in [2.75, 3.05) is 12.0 Å². The van der Waals surface area contributed by atoms with Gasteiger partial charge in [-0.25, -0.2) is 4.90 Å². The number of nitro groups is 1. The second-order valence-corrected chi connectivity index (χ2v) is 9.09. The van der Waals surface area contributed by atoms with E-state index in [1.165, 1.54) is 25.3 Å². The van der Waals surface area contributed by atoms with Crippen molar-refractivity contribution in [3.05, 3.63) is 99.1 Å². The average Bonchev–Trinajstić information content (AvgIpc) is 3.10. The third kappa shape index (κ3) is 2.35. The molecule has 1 fully saturated rings. The number of hydrogen-bond donors (Lipinski definition) is 0. The standard InChI is InChI=1S/C25H17ClN2O5/c1-33-13-10-11-18(19(12-13)28(31)32)27-23(29)21-20-14-6-2-4-8-16(14)25(26,22(21)24(27)30)17-9-5-3-7-15(17)20/h2-12,20-22H,1H3/t20?,21-,22-,25?/m1/s1. The fourth-order valence-electron chi connectivity index (χ4n) is 5.88. The predicted octanol–water partition coefficient (Wildman–Crippen LogP) is 4.35. The number of carbonyl (C=O) groups excluding carboxylic acids is 2. The van der Waals surface area contributed by atoms with E-state index in [9.17, 15) is 19.7 Å². The summed E-state index contributed by atoms with van der Waals surface area (Å²) in [5, 5.41) is 11.8. The molecular formula is C25H17ClN2O5. The monoisotopic (exact) mass is 460 g/mol. The van der Waals surface area contributed by atoms with Crippen LogP contribution in [0.1, 0.15) is 28.2 Å². The number of hydrogen-bond acceptors (Lipinski definition) is 5. The number of amides is 2. The van der Waals surface area contributed by atoms with Gasteiger partial charge in [0.05, 0.1) is 29.9 Å². The van der Waals surface area contributed by atoms with Crippen LogP contribution in [0, 0.1) is 22.0 Å². The van der Waals surface area contributed by atoms with E-state index < -0.39 is 33.4 Å². The van der Waals surface area contributed by atoms with Crippen molar-refractivity contribution in [3.63, 3.8) is 0 Å². The lowest BCUT2D eigenvalue weighted by Gasteiger charge is -2.50. The van der Waals surface area contributed by atoms with Crippen molar-refractivity contribution in [1.29, 1.82) is 0 Å². The largest absolute Gasteiger partial charge is 0.496 e. The highest BCUT2D eigenvalue weighted by Gasteiger charge is 2.68. The molecule has 33 heavy (non-hydrogen) atoms. The van der Waals surface area contributed by atoms with Gasteiger partial charge in [-0.15, -0.1) is 11.6 Å². The zero-order valence-corrected chi connectivity index (χ0v) is 18.2. The van der Waals surface area contributed by atoms with E-state index in [0.717, 1.165) is 27.2 Å². The lowest BCUT2D eigenvalue weighted by atomic mass is 9.54. The van der Waals surface area contributed by atoms with Gasteiger partial charge in [0.2, 0.25) is 11.8 Å². The van der Waals surface area contributed by atoms with Gasteiger partial charge in [-0.05, 0) is 34.4 Å². The van der Waals surface area contributed by atoms with Gasteiger partial charge in [0.25, 0.3) is 5.69 Å². The van der Waals surface area contributed by atoms with Crippen LogP contribution in [0.15, 0.2) is 66.7 Å². The molecule has 164 valence electrons. The summed E-state index contributed by atoms with van der Waals surface area (Å²) in [5.41, 5.74) is 3.01. The van der Waals surface area contributed by atoms with Crippen molar-refractivity contribution in [1.82, 2.24) is 0 Å². The van der Waals surface area contributed by atoms with Gasteiger partial charge in [0, 0.05) is 5.92 Å². The molecule has 7 nitrogen and oxygen atoms in total. The fraction of sp³-hybridized carbons (Fsp3) is 0.200. The van der Waals surface area contributed by atoms with Gasteiger partial charge >= 0.3 is 0 Å². The van der Waals surface area contributed by atoms with Crippen molar-refractivity contribution in [2.45, 2.75) is 10.8 Å². The number of nitrogens with zero attached hydrogens (tertiary/aromatic N) is 2. The summed E-state index contributed by atoms with van der Waals surface area (Å²) in [4.78, 5) is 38.6. The third-order valence-corrected chi connectivity index (χ3v) is 7.78. The molecule has 0 unspecified atom stereocenters. The quantitative estimate of drug-likeness (QED) is 0.251. The van der Waals surface area contributed by atoms with Gasteiger partial charge in [0.1, 0.15) is 16.3 Å². The molecule has 3 aromatic rings. The van der Waals surface area contributed by atoms with Gasteiger partial charge in [-0.2, -0.15) is 0 Å². The summed E-state index contributed by atoms with van der Waals surface area (Å²) in [7, 11) is 1.39. The summed E-state index contributed by atoms with van der Waals surface area (Å²) in [6, 6.07) is 19.3. The fourth-order valence-corrected chi connectivity index (χ4v) is 6.46. The first kappa shape index (κ1) is 19.9. The summed E-state index contributed by atoms with van der Waals surface area (Å²) in [6.07, 6.45) is 0. The minimum absolute atomic E-state index is 0.0713. The number of nitro benzene ring substituents is 1. The van der Waals surface area contributed by atoms with Gasteiger partial charge < -0.3 is 4.74 Å². The SMILES string of the molecule is COc1ccc(N2C(=O)[C@@H]3C4c5ccccc5C(Cl)(c5ccccc54)[C@H]3C2=O)c([N+](=O)[O-])c1. The molecule has 1 saturated heterocycles. The Morgan fingerprint density at radius 3 is 2.15 bits per heavy atom. The van der Waals surface area contributed by atoms with Crippen molar-refractivity contribution in [3.8, 4) is 5.75 Å². The summed E-state index contributed by atoms with van der Waals surface area (Å²) in [6.45, 7) is 0. The Labute approximate surface area is 193 Å². The molecule has 8 heteroatoms. The molecular weight excluding hydrogens is 444 g/mol. The summed E-state index contributed by atoms with van der Waals surface area (Å²) < 4.78 is 5.10. The van der Waals surface area contributed by atoms with E-state index >= 15 is 0 Å². The van der Waals surface area contributed by atoms with Crippen LogP contribution in [0.2, 0.25) is 0 Å². The lowest BCUT2D eigenvalue weighted by molar-refractivity contribution is -0.384. The lowest BCUT2D eigenvalue weighted by Crippen LogP contribution is -2.50. The predicted molar refractivity (Wildman–Crippen MR) is 120 cm³/mol. The summed E-state index contributed by atoms with van der Waals surface area (Å²) >= 11 is 7.37. The smallest absolute Gasteiger partial charge is 0.297 e. The van der Waals surface area contributed by atoms with Crippen LogP contribution in [0.5, 0.6) is 5.75 Å². The Morgan fingerprint density at radius 2 is 1.58 bits per heavy atom. The van der Waals surface area contributed by atoms with Crippen LogP contribution < -0.4 is 9.64 Å². The van der Waals surface area contributed by atoms with Crippen molar-refractivity contribution >= 4 is 34.8 Å². The van der Waals surface area contributed by atoms with Crippen LogP contribution in [-0.4, -0.2) is 23.8 Å². The molecule has 2 amide bonds. The van der Waals surface area contributed by atoms with Crippen molar-refractivity contribution in [2.24, 2.45) is 11.8 Å². The first-order valence-corrected chi connectivity index (χ1v) is 10.8. The Balaban J connectivity index is 1.59. The molecule has 3 aromatic carbocycles. The number of methoxy groups -OCH3 is 1. The Morgan fingerprint density at radius 1 is 0.970 bits per heavy atom. The first-order chi connectivity index (χ1) is 15.9. The number of ether oxygens (including phenoxy) is 1. The van der Waals surface area contributed by atoms with Gasteiger partial charge in [-0.3, -0.25) is 19.7 Å². The molecule has 7 rings (SSSR count). The molecule has 0 N–H and O–H groups in total. The van der Waals surface area contributed by atoms with E-state index in [4.69, 9.17) is 16.3 Å². The molecule has 1 aliphatic heterocycles. The minimum Gasteiger partial charge on any atom is -0.496 e. The van der Waals surface area contributed by atoms with Gasteiger partial charge in [-0.1, -0.05) is 48.5 Å². The molecule has 0 saturated carbocycles. The molecule has 0 radical (unpaired) electrons. The average molecular weight is 461 g/mol. The molecule has 0 spiro atoms. The molecule has 1 heterocycles. The number of benzene rings is 3. The second kappa shape index (κ2) is 6.65. The molecule has 2 atom stereocenters. The van der Waals surface area contributed by atoms with E-state index in [1.807, 2.05) is 48.5 Å². The maximum absolute atomic E-state index is 13.9. The maximum Gasteiger partial charge on any atom is 0.297 e. The number of imide groups is 1. The zero-order valence-electron chi connectivity index (χ0n) is 17.4. The van der Waals surface area contributed by atoms with E-state index in [0.29, 0.717) is 0 Å². The normalized spacial score (nSPS) is 26.6. The van der Waals surface area contributed by atoms with Crippen LogP contribution in [0.3, 0.4) is 0 Å². The zero-order chi connectivity index (χ0) is 23.1. The van der Waals surface area contributed by atoms with E-state index in [1.54, 1.807) is 0 Å². The van der Waals surface area contributed by atoms with E-state index in [-0.39, 0.29) is 23.0 Å². The minimum atomic E-state index is -1.24. The highest BCUT2D eigenvalue weighted by molar-refractivity contribution is 6.33. The molecule has 0 aromatic heterocycles. The first-order valence-electron chi connectivity index (χ1n) is 10.5. The van der Waals surface area contributed by atoms with Crippen LogP contribution in [-0.2, 0) is 14.5 Å². The molecule has 2 bridgehead atoms.